The van der Waals surface area contributed by atoms with Crippen LogP contribution in [0, 0.1) is 11.6 Å². The van der Waals surface area contributed by atoms with E-state index in [1.54, 1.807) is 16.8 Å². The van der Waals surface area contributed by atoms with Crippen LogP contribution in [0.5, 0.6) is 0 Å². The van der Waals surface area contributed by atoms with Crippen molar-refractivity contribution in [2.24, 2.45) is 0 Å². The second kappa shape index (κ2) is 3.29. The lowest BCUT2D eigenvalue weighted by molar-refractivity contribution is 0.508. The maximum atomic E-state index is 13.9. The molecule has 2 heterocycles. The Morgan fingerprint density at radius 3 is 2.76 bits per heavy atom. The smallest absolute Gasteiger partial charge is 0.183 e. The summed E-state index contributed by atoms with van der Waals surface area (Å²) < 4.78 is 29.0. The molecule has 0 bridgehead atoms. The van der Waals surface area contributed by atoms with Gasteiger partial charge in [-0.2, -0.15) is 5.10 Å². The summed E-state index contributed by atoms with van der Waals surface area (Å²) in [6, 6.07) is 2.75. The first kappa shape index (κ1) is 10.3. The molecule has 0 amide bonds. The van der Waals surface area contributed by atoms with Crippen LogP contribution in [-0.4, -0.2) is 14.8 Å². The number of aromatic nitrogens is 3. The highest BCUT2D eigenvalue weighted by Crippen LogP contribution is 2.32. The van der Waals surface area contributed by atoms with Gasteiger partial charge in [0.15, 0.2) is 11.6 Å². The lowest BCUT2D eigenvalue weighted by atomic mass is 10.2. The van der Waals surface area contributed by atoms with Crippen molar-refractivity contribution in [3.63, 3.8) is 0 Å². The zero-order valence-electron chi connectivity index (χ0n) is 9.46. The average molecular weight is 235 g/mol. The van der Waals surface area contributed by atoms with Crippen molar-refractivity contribution < 1.29 is 8.78 Å². The molecule has 0 atom stereocenters. The Morgan fingerprint density at radius 1 is 1.29 bits per heavy atom. The first-order chi connectivity index (χ1) is 8.11. The minimum atomic E-state index is -0.826. The van der Waals surface area contributed by atoms with Crippen LogP contribution in [0.25, 0.3) is 21.9 Å². The van der Waals surface area contributed by atoms with Crippen molar-refractivity contribution in [3.8, 4) is 0 Å². The number of hydrogen-bond acceptors (Lipinski definition) is 1. The zero-order chi connectivity index (χ0) is 12.2. The van der Waals surface area contributed by atoms with Crippen LogP contribution in [0.3, 0.4) is 0 Å². The molecule has 1 N–H and O–H groups in total. The van der Waals surface area contributed by atoms with Gasteiger partial charge < -0.3 is 4.57 Å². The SMILES string of the molecule is CC(C)n1c2cn[nH]c2c2ccc(F)c(F)c21. The molecule has 0 spiro atoms. The van der Waals surface area contributed by atoms with Gasteiger partial charge in [0.05, 0.1) is 22.7 Å². The van der Waals surface area contributed by atoms with Gasteiger partial charge in [0.25, 0.3) is 0 Å². The third-order valence-electron chi connectivity index (χ3n) is 2.97. The molecule has 0 fully saturated rings. The first-order valence-electron chi connectivity index (χ1n) is 5.42. The third-order valence-corrected chi connectivity index (χ3v) is 2.97. The highest BCUT2D eigenvalue weighted by atomic mass is 19.2. The molecule has 0 radical (unpaired) electrons. The van der Waals surface area contributed by atoms with Crippen LogP contribution in [0.2, 0.25) is 0 Å². The summed E-state index contributed by atoms with van der Waals surface area (Å²) in [6.07, 6.45) is 1.63. The summed E-state index contributed by atoms with van der Waals surface area (Å²) in [5.74, 6) is -1.63. The van der Waals surface area contributed by atoms with E-state index in [0.29, 0.717) is 10.9 Å². The molecule has 0 unspecified atom stereocenters. The van der Waals surface area contributed by atoms with E-state index >= 15 is 0 Å². The largest absolute Gasteiger partial charge is 0.333 e. The van der Waals surface area contributed by atoms with Crippen molar-refractivity contribution >= 4 is 21.9 Å². The van der Waals surface area contributed by atoms with Crippen molar-refractivity contribution in [2.45, 2.75) is 19.9 Å². The Morgan fingerprint density at radius 2 is 2.06 bits per heavy atom. The van der Waals surface area contributed by atoms with E-state index in [4.69, 9.17) is 0 Å². The number of H-pyrrole nitrogens is 1. The molecule has 3 rings (SSSR count). The monoisotopic (exact) mass is 235 g/mol. The maximum absolute atomic E-state index is 13.9. The molecule has 5 heteroatoms. The van der Waals surface area contributed by atoms with E-state index in [1.165, 1.54) is 0 Å². The van der Waals surface area contributed by atoms with Crippen LogP contribution in [-0.2, 0) is 0 Å². The predicted molar refractivity (Wildman–Crippen MR) is 61.9 cm³/mol. The molecule has 0 saturated carbocycles. The molecule has 0 saturated heterocycles. The van der Waals surface area contributed by atoms with Gasteiger partial charge >= 0.3 is 0 Å². The summed E-state index contributed by atoms with van der Waals surface area (Å²) in [4.78, 5) is 0. The molecule has 17 heavy (non-hydrogen) atoms. The van der Waals surface area contributed by atoms with E-state index in [1.807, 2.05) is 13.8 Å². The number of nitrogens with zero attached hydrogens (tertiary/aromatic N) is 2. The maximum Gasteiger partial charge on any atom is 0.183 e. The fourth-order valence-corrected chi connectivity index (χ4v) is 2.29. The standard InChI is InChI=1S/C12H11F2N3/c1-6(2)17-9-5-15-16-11(9)7-3-4-8(13)10(14)12(7)17/h3-6H,1-2H3,(H,15,16). The van der Waals surface area contributed by atoms with Gasteiger partial charge in [0.1, 0.15) is 0 Å². The molecule has 3 nitrogen and oxygen atoms in total. The Hall–Kier alpha value is -1.91. The fraction of sp³-hybridized carbons (Fsp3) is 0.250. The molecular formula is C12H11F2N3. The summed E-state index contributed by atoms with van der Waals surface area (Å²) in [5.41, 5.74) is 1.83. The van der Waals surface area contributed by atoms with E-state index in [0.717, 1.165) is 17.1 Å². The minimum absolute atomic E-state index is 0.0314. The number of fused-ring (bicyclic) bond motifs is 3. The van der Waals surface area contributed by atoms with E-state index in [-0.39, 0.29) is 6.04 Å². The number of benzene rings is 1. The van der Waals surface area contributed by atoms with Crippen LogP contribution < -0.4 is 0 Å². The van der Waals surface area contributed by atoms with Gasteiger partial charge in [0, 0.05) is 11.4 Å². The van der Waals surface area contributed by atoms with Crippen molar-refractivity contribution in [2.75, 3.05) is 0 Å². The fourth-order valence-electron chi connectivity index (χ4n) is 2.29. The average Bonchev–Trinajstić information content (AvgIpc) is 2.82. The van der Waals surface area contributed by atoms with Gasteiger partial charge in [-0.05, 0) is 26.0 Å². The van der Waals surface area contributed by atoms with Crippen molar-refractivity contribution in [3.05, 3.63) is 30.0 Å². The zero-order valence-corrected chi connectivity index (χ0v) is 9.46. The van der Waals surface area contributed by atoms with Crippen LogP contribution in [0.15, 0.2) is 18.3 Å². The lowest BCUT2D eigenvalue weighted by Crippen LogP contribution is -2.02. The van der Waals surface area contributed by atoms with Gasteiger partial charge in [-0.3, -0.25) is 5.10 Å². The second-order valence-corrected chi connectivity index (χ2v) is 4.35. The van der Waals surface area contributed by atoms with E-state index in [2.05, 4.69) is 10.2 Å². The third kappa shape index (κ3) is 1.22. The Balaban J connectivity index is 2.61. The summed E-state index contributed by atoms with van der Waals surface area (Å²) in [7, 11) is 0. The van der Waals surface area contributed by atoms with Gasteiger partial charge in [-0.1, -0.05) is 0 Å². The number of rotatable bonds is 1. The molecule has 0 aliphatic rings. The lowest BCUT2D eigenvalue weighted by Gasteiger charge is -2.10. The number of aromatic amines is 1. The summed E-state index contributed by atoms with van der Waals surface area (Å²) in [6.45, 7) is 3.85. The Kier molecular flexibility index (Phi) is 1.98. The van der Waals surface area contributed by atoms with E-state index in [9.17, 15) is 8.78 Å². The predicted octanol–water partition coefficient (Wildman–Crippen LogP) is 3.38. The highest BCUT2D eigenvalue weighted by Gasteiger charge is 2.19. The number of halogens is 2. The van der Waals surface area contributed by atoms with Crippen molar-refractivity contribution in [1.29, 1.82) is 0 Å². The molecule has 3 aromatic rings. The van der Waals surface area contributed by atoms with Gasteiger partial charge in [-0.15, -0.1) is 0 Å². The highest BCUT2D eigenvalue weighted by molar-refractivity contribution is 6.05. The van der Waals surface area contributed by atoms with Gasteiger partial charge in [-0.25, -0.2) is 8.78 Å². The van der Waals surface area contributed by atoms with Crippen LogP contribution in [0.1, 0.15) is 19.9 Å². The Labute approximate surface area is 96.0 Å². The second-order valence-electron chi connectivity index (χ2n) is 4.35. The van der Waals surface area contributed by atoms with Crippen molar-refractivity contribution in [1.82, 2.24) is 14.8 Å². The Bertz CT molecular complexity index is 709. The van der Waals surface area contributed by atoms with Crippen LogP contribution in [0.4, 0.5) is 8.78 Å². The number of nitrogens with one attached hydrogen (secondary N) is 1. The number of hydrogen-bond donors (Lipinski definition) is 1. The van der Waals surface area contributed by atoms with E-state index < -0.39 is 11.6 Å². The molecular weight excluding hydrogens is 224 g/mol. The summed E-state index contributed by atoms with van der Waals surface area (Å²) in [5, 5.41) is 7.43. The van der Waals surface area contributed by atoms with Crippen LogP contribution >= 0.6 is 0 Å². The molecule has 88 valence electrons. The molecule has 0 aliphatic heterocycles. The topological polar surface area (TPSA) is 33.6 Å². The summed E-state index contributed by atoms with van der Waals surface area (Å²) >= 11 is 0. The molecule has 2 aromatic heterocycles. The molecule has 1 aromatic carbocycles. The quantitative estimate of drug-likeness (QED) is 0.689. The normalized spacial score (nSPS) is 12.1. The molecule has 0 aliphatic carbocycles. The van der Waals surface area contributed by atoms with Gasteiger partial charge in [0.2, 0.25) is 0 Å². The minimum Gasteiger partial charge on any atom is -0.333 e. The first-order valence-corrected chi connectivity index (χ1v) is 5.42.